The van der Waals surface area contributed by atoms with Crippen molar-refractivity contribution in [3.05, 3.63) is 65.5 Å². The van der Waals surface area contributed by atoms with Gasteiger partial charge in [0.25, 0.3) is 5.91 Å². The second-order valence-corrected chi connectivity index (χ2v) is 5.62. The predicted molar refractivity (Wildman–Crippen MR) is 81.8 cm³/mol. The summed E-state index contributed by atoms with van der Waals surface area (Å²) in [5.41, 5.74) is 2.77. The number of carbonyl (C=O) groups is 1. The van der Waals surface area contributed by atoms with Gasteiger partial charge >= 0.3 is 0 Å². The van der Waals surface area contributed by atoms with E-state index in [1.54, 1.807) is 6.20 Å². The molecular formula is C17H19N3O. The van der Waals surface area contributed by atoms with E-state index in [1.165, 1.54) is 0 Å². The maximum Gasteiger partial charge on any atom is 0.256 e. The third-order valence-corrected chi connectivity index (χ3v) is 3.80. The molecule has 0 spiro atoms. The summed E-state index contributed by atoms with van der Waals surface area (Å²) in [6.45, 7) is 1.38. The summed E-state index contributed by atoms with van der Waals surface area (Å²) >= 11 is 0. The Morgan fingerprint density at radius 1 is 1.19 bits per heavy atom. The predicted octanol–water partition coefficient (Wildman–Crippen LogP) is 2.34. The molecule has 0 aliphatic carbocycles. The molecule has 0 saturated heterocycles. The highest BCUT2D eigenvalue weighted by Crippen LogP contribution is 2.30. The van der Waals surface area contributed by atoms with Crippen molar-refractivity contribution < 1.29 is 4.79 Å². The smallest absolute Gasteiger partial charge is 0.256 e. The Morgan fingerprint density at radius 3 is 2.62 bits per heavy atom. The van der Waals surface area contributed by atoms with E-state index in [4.69, 9.17) is 0 Å². The Labute approximate surface area is 125 Å². The quantitative estimate of drug-likeness (QED) is 0.863. The fourth-order valence-corrected chi connectivity index (χ4v) is 2.80. The topological polar surface area (TPSA) is 36.4 Å². The molecule has 1 aliphatic rings. The fraction of sp³-hybridized carbons (Fsp3) is 0.294. The maximum atomic E-state index is 12.7. The molecule has 0 fully saturated rings. The molecule has 1 atom stereocenters. The van der Waals surface area contributed by atoms with Crippen LogP contribution >= 0.6 is 0 Å². The normalized spacial score (nSPS) is 15.4. The monoisotopic (exact) mass is 281 g/mol. The van der Waals surface area contributed by atoms with Crippen LogP contribution in [0.15, 0.2) is 48.7 Å². The third-order valence-electron chi connectivity index (χ3n) is 3.80. The molecule has 0 saturated carbocycles. The van der Waals surface area contributed by atoms with Crippen molar-refractivity contribution >= 4 is 5.91 Å². The van der Waals surface area contributed by atoms with E-state index in [1.807, 2.05) is 49.3 Å². The van der Waals surface area contributed by atoms with Crippen molar-refractivity contribution in [1.82, 2.24) is 14.8 Å². The number of carbonyl (C=O) groups excluding carboxylic acids is 1. The van der Waals surface area contributed by atoms with Gasteiger partial charge in [0.1, 0.15) is 0 Å². The van der Waals surface area contributed by atoms with Gasteiger partial charge in [-0.25, -0.2) is 0 Å². The van der Waals surface area contributed by atoms with Crippen LogP contribution in [0.25, 0.3) is 0 Å². The summed E-state index contributed by atoms with van der Waals surface area (Å²) in [6, 6.07) is 13.9. The largest absolute Gasteiger partial charge is 0.324 e. The molecule has 2 heterocycles. The first-order valence-electron chi connectivity index (χ1n) is 7.11. The second-order valence-electron chi connectivity index (χ2n) is 5.62. The van der Waals surface area contributed by atoms with E-state index in [9.17, 15) is 4.79 Å². The van der Waals surface area contributed by atoms with Crippen LogP contribution in [0.5, 0.6) is 0 Å². The van der Waals surface area contributed by atoms with Gasteiger partial charge in [0.05, 0.1) is 23.8 Å². The number of hydrogen-bond acceptors (Lipinski definition) is 3. The molecule has 0 bridgehead atoms. The number of likely N-dealkylation sites (N-methyl/N-ethyl adjacent to an activating group) is 1. The second kappa shape index (κ2) is 5.66. The standard InChI is InChI=1S/C17H19N3O/c1-19(2)12-16(13-7-4-3-5-8-13)20-11-15-14(17(20)21)9-6-10-18-15/h3-10,16H,11-12H2,1-2H3. The van der Waals surface area contributed by atoms with E-state index >= 15 is 0 Å². The lowest BCUT2D eigenvalue weighted by Gasteiger charge is -2.30. The highest BCUT2D eigenvalue weighted by Gasteiger charge is 2.34. The number of rotatable bonds is 4. The lowest BCUT2D eigenvalue weighted by atomic mass is 10.1. The van der Waals surface area contributed by atoms with E-state index < -0.39 is 0 Å². The average molecular weight is 281 g/mol. The van der Waals surface area contributed by atoms with Crippen LogP contribution < -0.4 is 0 Å². The Bertz CT molecular complexity index is 639. The molecule has 4 heteroatoms. The van der Waals surface area contributed by atoms with Crippen LogP contribution in [-0.4, -0.2) is 41.3 Å². The van der Waals surface area contributed by atoms with E-state index in [0.717, 1.165) is 23.4 Å². The minimum Gasteiger partial charge on any atom is -0.324 e. The first-order chi connectivity index (χ1) is 10.2. The minimum atomic E-state index is 0.0444. The highest BCUT2D eigenvalue weighted by molar-refractivity contribution is 5.98. The van der Waals surface area contributed by atoms with Crippen molar-refractivity contribution in [2.75, 3.05) is 20.6 Å². The average Bonchev–Trinajstić information content (AvgIpc) is 2.83. The number of nitrogens with zero attached hydrogens (tertiary/aromatic N) is 3. The summed E-state index contributed by atoms with van der Waals surface area (Å²) in [4.78, 5) is 21.0. The molecule has 0 radical (unpaired) electrons. The number of aromatic nitrogens is 1. The molecule has 4 nitrogen and oxygen atoms in total. The van der Waals surface area contributed by atoms with Gasteiger partial charge in [0.15, 0.2) is 0 Å². The summed E-state index contributed by atoms with van der Waals surface area (Å²) in [6.07, 6.45) is 1.75. The molecule has 1 aromatic heterocycles. The lowest BCUT2D eigenvalue weighted by molar-refractivity contribution is 0.0670. The van der Waals surface area contributed by atoms with Crippen LogP contribution in [0.2, 0.25) is 0 Å². The van der Waals surface area contributed by atoms with Gasteiger partial charge in [-0.2, -0.15) is 0 Å². The number of amides is 1. The van der Waals surface area contributed by atoms with Gasteiger partial charge in [-0.05, 0) is 31.8 Å². The zero-order valence-electron chi connectivity index (χ0n) is 12.4. The molecule has 1 aliphatic heterocycles. The van der Waals surface area contributed by atoms with Crippen LogP contribution in [0.4, 0.5) is 0 Å². The summed E-state index contributed by atoms with van der Waals surface area (Å²) < 4.78 is 0. The maximum absolute atomic E-state index is 12.7. The van der Waals surface area contributed by atoms with Crippen molar-refractivity contribution in [1.29, 1.82) is 0 Å². The van der Waals surface area contributed by atoms with E-state index in [-0.39, 0.29) is 11.9 Å². The van der Waals surface area contributed by atoms with E-state index in [0.29, 0.717) is 6.54 Å². The van der Waals surface area contributed by atoms with Crippen LogP contribution in [0.3, 0.4) is 0 Å². The number of pyridine rings is 1. The first-order valence-corrected chi connectivity index (χ1v) is 7.11. The molecule has 1 aromatic carbocycles. The van der Waals surface area contributed by atoms with Crippen molar-refractivity contribution in [3.63, 3.8) is 0 Å². The molecule has 21 heavy (non-hydrogen) atoms. The van der Waals surface area contributed by atoms with Gasteiger partial charge in [0.2, 0.25) is 0 Å². The van der Waals surface area contributed by atoms with Crippen molar-refractivity contribution in [3.8, 4) is 0 Å². The third kappa shape index (κ3) is 2.67. The number of hydrogen-bond donors (Lipinski definition) is 0. The Balaban J connectivity index is 1.94. The Morgan fingerprint density at radius 2 is 1.95 bits per heavy atom. The van der Waals surface area contributed by atoms with Gasteiger partial charge < -0.3 is 9.80 Å². The van der Waals surface area contributed by atoms with Gasteiger partial charge in [0, 0.05) is 12.7 Å². The van der Waals surface area contributed by atoms with Crippen molar-refractivity contribution in [2.24, 2.45) is 0 Å². The van der Waals surface area contributed by atoms with Crippen LogP contribution in [0, 0.1) is 0 Å². The molecule has 2 aromatic rings. The van der Waals surface area contributed by atoms with Crippen LogP contribution in [-0.2, 0) is 6.54 Å². The van der Waals surface area contributed by atoms with E-state index in [2.05, 4.69) is 22.0 Å². The lowest BCUT2D eigenvalue weighted by Crippen LogP contribution is -2.35. The fourth-order valence-electron chi connectivity index (χ4n) is 2.80. The molecule has 1 amide bonds. The van der Waals surface area contributed by atoms with Gasteiger partial charge in [-0.1, -0.05) is 30.3 Å². The first kappa shape index (κ1) is 13.8. The summed E-state index contributed by atoms with van der Waals surface area (Å²) in [5, 5.41) is 0. The SMILES string of the molecule is CN(C)CC(c1ccccc1)N1Cc2ncccc2C1=O. The highest BCUT2D eigenvalue weighted by atomic mass is 16.2. The van der Waals surface area contributed by atoms with Crippen LogP contribution in [0.1, 0.15) is 27.7 Å². The zero-order chi connectivity index (χ0) is 14.8. The van der Waals surface area contributed by atoms with Crippen molar-refractivity contribution in [2.45, 2.75) is 12.6 Å². The number of fused-ring (bicyclic) bond motifs is 1. The number of benzene rings is 1. The summed E-state index contributed by atoms with van der Waals surface area (Å²) in [7, 11) is 4.06. The minimum absolute atomic E-state index is 0.0444. The Kier molecular flexibility index (Phi) is 3.71. The Hall–Kier alpha value is -2.20. The van der Waals surface area contributed by atoms with Gasteiger partial charge in [-0.3, -0.25) is 9.78 Å². The molecular weight excluding hydrogens is 262 g/mol. The molecule has 108 valence electrons. The molecule has 0 N–H and O–H groups in total. The van der Waals surface area contributed by atoms with Gasteiger partial charge in [-0.15, -0.1) is 0 Å². The molecule has 1 unspecified atom stereocenters. The zero-order valence-corrected chi connectivity index (χ0v) is 12.4. The molecule has 3 rings (SSSR count). The summed E-state index contributed by atoms with van der Waals surface area (Å²) in [5.74, 6) is 0.0776.